The number of halogens is 3. The number of benzene rings is 1. The molecular formula is C21H21F3N4O2S. The normalized spacial score (nSPS) is 15.3. The predicted molar refractivity (Wildman–Crippen MR) is 113 cm³/mol. The summed E-state index contributed by atoms with van der Waals surface area (Å²) in [4.78, 5) is 22.9. The Morgan fingerprint density at radius 2 is 1.94 bits per heavy atom. The number of nitrogens with one attached hydrogen (secondary N) is 1. The zero-order valence-corrected chi connectivity index (χ0v) is 17.9. The van der Waals surface area contributed by atoms with Crippen LogP contribution in [-0.2, 0) is 11.8 Å². The zero-order valence-electron chi connectivity index (χ0n) is 17.1. The van der Waals surface area contributed by atoms with Gasteiger partial charge in [0, 0.05) is 24.3 Å². The molecule has 1 fully saturated rings. The van der Waals surface area contributed by atoms with E-state index in [-0.39, 0.29) is 5.69 Å². The van der Waals surface area contributed by atoms with Crippen LogP contribution < -0.4 is 10.2 Å². The molecule has 0 unspecified atom stereocenters. The molecule has 1 aliphatic rings. The van der Waals surface area contributed by atoms with Crippen LogP contribution in [0.2, 0.25) is 0 Å². The average Bonchev–Trinajstić information content (AvgIpc) is 3.06. The molecule has 164 valence electrons. The summed E-state index contributed by atoms with van der Waals surface area (Å²) < 4.78 is 39.6. The number of hydrogen-bond acceptors (Lipinski definition) is 6. The van der Waals surface area contributed by atoms with Gasteiger partial charge in [-0.15, -0.1) is 0 Å². The second kappa shape index (κ2) is 7.45. The van der Waals surface area contributed by atoms with Crippen molar-refractivity contribution in [2.24, 2.45) is 5.92 Å². The van der Waals surface area contributed by atoms with E-state index in [9.17, 15) is 23.1 Å². The van der Waals surface area contributed by atoms with Crippen molar-refractivity contribution in [1.82, 2.24) is 9.97 Å². The number of fused-ring (bicyclic) bond motifs is 1. The van der Waals surface area contributed by atoms with Crippen molar-refractivity contribution in [3.8, 4) is 0 Å². The van der Waals surface area contributed by atoms with Crippen molar-refractivity contribution < 1.29 is 23.1 Å². The molecule has 1 aromatic carbocycles. The van der Waals surface area contributed by atoms with Gasteiger partial charge in [0.05, 0.1) is 15.8 Å². The van der Waals surface area contributed by atoms with Gasteiger partial charge < -0.3 is 15.3 Å². The highest BCUT2D eigenvalue weighted by atomic mass is 32.1. The number of aromatic nitrogens is 2. The van der Waals surface area contributed by atoms with Crippen LogP contribution in [0.1, 0.15) is 42.5 Å². The standard InChI is InChI=1S/C21H21F3N4O2S/c1-11-9-28(10-11)19-27-15-7-12(20(2,3)30)14(8-16(15)31-19)26-18(29)13-5-4-6-17(25-13)21(22,23)24/h4-8,11,30H,9-10H2,1-3H3,(H,26,29). The fraction of sp³-hybridized carbons (Fsp3) is 0.381. The first-order valence-electron chi connectivity index (χ1n) is 9.70. The number of rotatable bonds is 4. The first-order valence-corrected chi connectivity index (χ1v) is 10.5. The van der Waals surface area contributed by atoms with Crippen molar-refractivity contribution >= 4 is 38.3 Å². The molecule has 0 radical (unpaired) electrons. The Labute approximate surface area is 180 Å². The predicted octanol–water partition coefficient (Wildman–Crippen LogP) is 4.65. The van der Waals surface area contributed by atoms with Crippen LogP contribution in [0.4, 0.5) is 24.0 Å². The molecule has 3 heterocycles. The minimum atomic E-state index is -4.65. The van der Waals surface area contributed by atoms with Crippen LogP contribution in [0.15, 0.2) is 30.3 Å². The smallest absolute Gasteiger partial charge is 0.386 e. The molecule has 0 bridgehead atoms. The van der Waals surface area contributed by atoms with Gasteiger partial charge in [-0.1, -0.05) is 24.3 Å². The zero-order chi connectivity index (χ0) is 22.6. The number of anilines is 2. The maximum Gasteiger partial charge on any atom is 0.433 e. The highest BCUT2D eigenvalue weighted by Crippen LogP contribution is 2.38. The van der Waals surface area contributed by atoms with E-state index in [2.05, 4.69) is 27.1 Å². The average molecular weight is 450 g/mol. The minimum absolute atomic E-state index is 0.302. The van der Waals surface area contributed by atoms with Gasteiger partial charge in [0.1, 0.15) is 11.4 Å². The Hall–Kier alpha value is -2.72. The van der Waals surface area contributed by atoms with E-state index in [1.165, 1.54) is 17.4 Å². The quantitative estimate of drug-likeness (QED) is 0.605. The molecule has 0 aliphatic carbocycles. The lowest BCUT2D eigenvalue weighted by molar-refractivity contribution is -0.141. The summed E-state index contributed by atoms with van der Waals surface area (Å²) >= 11 is 1.46. The molecule has 6 nitrogen and oxygen atoms in total. The Morgan fingerprint density at radius 1 is 1.23 bits per heavy atom. The molecule has 0 saturated carbocycles. The summed E-state index contributed by atoms with van der Waals surface area (Å²) in [6.07, 6.45) is -4.65. The third kappa shape index (κ3) is 4.35. The molecule has 10 heteroatoms. The molecule has 31 heavy (non-hydrogen) atoms. The van der Waals surface area contributed by atoms with Crippen LogP contribution >= 0.6 is 11.3 Å². The van der Waals surface area contributed by atoms with E-state index in [1.807, 2.05) is 0 Å². The number of carbonyl (C=O) groups is 1. The van der Waals surface area contributed by atoms with Crippen molar-refractivity contribution in [1.29, 1.82) is 0 Å². The Kier molecular flexibility index (Phi) is 5.17. The number of hydrogen-bond donors (Lipinski definition) is 2. The second-order valence-corrected chi connectivity index (χ2v) is 9.30. The molecule has 2 aromatic heterocycles. The van der Waals surface area contributed by atoms with Gasteiger partial charge in [0.15, 0.2) is 5.13 Å². The lowest BCUT2D eigenvalue weighted by Crippen LogP contribution is -2.45. The van der Waals surface area contributed by atoms with Gasteiger partial charge in [-0.2, -0.15) is 13.2 Å². The first-order chi connectivity index (χ1) is 14.4. The van der Waals surface area contributed by atoms with E-state index >= 15 is 0 Å². The van der Waals surface area contributed by atoms with E-state index in [1.54, 1.807) is 26.0 Å². The topological polar surface area (TPSA) is 78.4 Å². The van der Waals surface area contributed by atoms with Gasteiger partial charge in [0.2, 0.25) is 0 Å². The summed E-state index contributed by atoms with van der Waals surface area (Å²) in [6.45, 7) is 7.13. The van der Waals surface area contributed by atoms with Gasteiger partial charge in [-0.3, -0.25) is 4.79 Å². The van der Waals surface area contributed by atoms with Crippen LogP contribution in [0.3, 0.4) is 0 Å². The Morgan fingerprint density at radius 3 is 2.55 bits per heavy atom. The number of pyridine rings is 1. The summed E-state index contributed by atoms with van der Waals surface area (Å²) in [5, 5.41) is 14.1. The SMILES string of the molecule is CC1CN(c2nc3cc(C(C)(C)O)c(NC(=O)c4cccc(C(F)(F)F)n4)cc3s2)C1. The number of amides is 1. The highest BCUT2D eigenvalue weighted by molar-refractivity contribution is 7.22. The number of thiazole rings is 1. The van der Waals surface area contributed by atoms with Gasteiger partial charge in [-0.25, -0.2) is 9.97 Å². The van der Waals surface area contributed by atoms with Gasteiger partial charge in [-0.05, 0) is 44.0 Å². The molecule has 3 aromatic rings. The number of alkyl halides is 3. The third-order valence-electron chi connectivity index (χ3n) is 5.03. The maximum atomic E-state index is 12.9. The monoisotopic (exact) mass is 450 g/mol. The maximum absolute atomic E-state index is 12.9. The van der Waals surface area contributed by atoms with Crippen molar-refractivity contribution in [2.75, 3.05) is 23.3 Å². The largest absolute Gasteiger partial charge is 0.433 e. The van der Waals surface area contributed by atoms with Crippen LogP contribution in [0, 0.1) is 5.92 Å². The summed E-state index contributed by atoms with van der Waals surface area (Å²) in [5.41, 5.74) is -1.42. The van der Waals surface area contributed by atoms with E-state index < -0.39 is 23.4 Å². The van der Waals surface area contributed by atoms with Crippen molar-refractivity contribution in [2.45, 2.75) is 32.5 Å². The molecule has 1 amide bonds. The molecular weight excluding hydrogens is 429 g/mol. The fourth-order valence-electron chi connectivity index (χ4n) is 3.47. The third-order valence-corrected chi connectivity index (χ3v) is 6.11. The summed E-state index contributed by atoms with van der Waals surface area (Å²) in [6, 6.07) is 6.55. The molecule has 4 rings (SSSR count). The lowest BCUT2D eigenvalue weighted by Gasteiger charge is -2.36. The second-order valence-electron chi connectivity index (χ2n) is 8.29. The number of nitrogens with zero attached hydrogens (tertiary/aromatic N) is 3. The van der Waals surface area contributed by atoms with E-state index in [0.29, 0.717) is 22.7 Å². The fourth-order valence-corrected chi connectivity index (χ4v) is 4.47. The van der Waals surface area contributed by atoms with Crippen LogP contribution in [0.25, 0.3) is 10.2 Å². The van der Waals surface area contributed by atoms with E-state index in [0.717, 1.165) is 35.1 Å². The Bertz CT molecular complexity index is 1150. The molecule has 2 N–H and O–H groups in total. The lowest BCUT2D eigenvalue weighted by atomic mass is 9.96. The van der Waals surface area contributed by atoms with Crippen molar-refractivity contribution in [3.63, 3.8) is 0 Å². The Balaban J connectivity index is 1.69. The van der Waals surface area contributed by atoms with Crippen molar-refractivity contribution in [3.05, 3.63) is 47.3 Å². The molecule has 0 spiro atoms. The summed E-state index contributed by atoms with van der Waals surface area (Å²) in [7, 11) is 0. The first kappa shape index (κ1) is 21.5. The van der Waals surface area contributed by atoms with Crippen LogP contribution in [-0.4, -0.2) is 34.1 Å². The minimum Gasteiger partial charge on any atom is -0.386 e. The molecule has 1 aliphatic heterocycles. The summed E-state index contributed by atoms with van der Waals surface area (Å²) in [5.74, 6) is -0.189. The molecule has 0 atom stereocenters. The number of aliphatic hydroxyl groups is 1. The van der Waals surface area contributed by atoms with Gasteiger partial charge >= 0.3 is 6.18 Å². The highest BCUT2D eigenvalue weighted by Gasteiger charge is 2.33. The van der Waals surface area contributed by atoms with E-state index in [4.69, 9.17) is 0 Å². The number of carbonyl (C=O) groups excluding carboxylic acids is 1. The van der Waals surface area contributed by atoms with Gasteiger partial charge in [0.25, 0.3) is 5.91 Å². The molecule has 1 saturated heterocycles. The van der Waals surface area contributed by atoms with Crippen LogP contribution in [0.5, 0.6) is 0 Å².